The molecule has 27 heavy (non-hydrogen) atoms. The molecule has 0 aliphatic heterocycles. The molecule has 2 aliphatic rings. The lowest BCUT2D eigenvalue weighted by atomic mass is 9.77. The molecule has 2 fully saturated rings. The summed E-state index contributed by atoms with van der Waals surface area (Å²) in [5.41, 5.74) is 0. The summed E-state index contributed by atoms with van der Waals surface area (Å²) in [5, 5.41) is 8.50. The van der Waals surface area contributed by atoms with Crippen molar-refractivity contribution in [1.29, 1.82) is 5.26 Å². The van der Waals surface area contributed by atoms with E-state index in [1.54, 1.807) is 6.08 Å². The maximum absolute atomic E-state index is 8.50. The third-order valence-electron chi connectivity index (χ3n) is 7.21. The zero-order chi connectivity index (χ0) is 19.2. The molecule has 0 amide bonds. The van der Waals surface area contributed by atoms with E-state index in [1.165, 1.54) is 103 Å². The molecule has 0 unspecified atom stereocenters. The van der Waals surface area contributed by atoms with E-state index in [4.69, 9.17) is 5.26 Å². The normalized spacial score (nSPS) is 29.3. The number of rotatable bonds is 11. The van der Waals surface area contributed by atoms with Crippen LogP contribution in [-0.2, 0) is 0 Å². The van der Waals surface area contributed by atoms with Gasteiger partial charge in [0.1, 0.15) is 0 Å². The second-order valence-corrected chi connectivity index (χ2v) is 9.32. The Hall–Kier alpha value is -1.03. The van der Waals surface area contributed by atoms with Crippen LogP contribution in [0.5, 0.6) is 0 Å². The van der Waals surface area contributed by atoms with Gasteiger partial charge < -0.3 is 0 Å². The Bertz CT molecular complexity index is 453. The summed E-state index contributed by atoms with van der Waals surface area (Å²) < 4.78 is 0. The van der Waals surface area contributed by atoms with E-state index >= 15 is 0 Å². The first kappa shape index (κ1) is 22.3. The molecule has 0 aromatic carbocycles. The minimum absolute atomic E-state index is 0.747. The van der Waals surface area contributed by atoms with E-state index in [1.807, 2.05) is 12.1 Å². The Balaban J connectivity index is 1.47. The lowest BCUT2D eigenvalue weighted by molar-refractivity contribution is 0.239. The van der Waals surface area contributed by atoms with Gasteiger partial charge in [-0.15, -0.1) is 0 Å². The number of hydrogen-bond acceptors (Lipinski definition) is 1. The summed E-state index contributed by atoms with van der Waals surface area (Å²) in [6, 6.07) is 2.05. The zero-order valence-corrected chi connectivity index (χ0v) is 17.9. The van der Waals surface area contributed by atoms with E-state index < -0.39 is 0 Å². The van der Waals surface area contributed by atoms with Crippen LogP contribution in [0.15, 0.2) is 24.3 Å². The van der Waals surface area contributed by atoms with Crippen LogP contribution in [0.2, 0.25) is 0 Å². The van der Waals surface area contributed by atoms with E-state index in [9.17, 15) is 0 Å². The van der Waals surface area contributed by atoms with Crippen molar-refractivity contribution in [1.82, 2.24) is 0 Å². The predicted octanol–water partition coefficient (Wildman–Crippen LogP) is 8.38. The number of allylic oxidation sites excluding steroid dienone is 4. The molecule has 0 heterocycles. The Morgan fingerprint density at radius 3 is 1.67 bits per heavy atom. The predicted molar refractivity (Wildman–Crippen MR) is 117 cm³/mol. The summed E-state index contributed by atoms with van der Waals surface area (Å²) >= 11 is 0. The van der Waals surface area contributed by atoms with Crippen LogP contribution in [-0.4, -0.2) is 0 Å². The van der Waals surface area contributed by atoms with E-state index in [0.717, 1.165) is 23.7 Å². The van der Waals surface area contributed by atoms with Gasteiger partial charge in [-0.3, -0.25) is 0 Å². The van der Waals surface area contributed by atoms with Crippen molar-refractivity contribution in [2.75, 3.05) is 0 Å². The highest BCUT2D eigenvalue weighted by atomic mass is 14.3. The van der Waals surface area contributed by atoms with Gasteiger partial charge in [0, 0.05) is 6.08 Å². The Morgan fingerprint density at radius 1 is 0.704 bits per heavy atom. The van der Waals surface area contributed by atoms with E-state index in [2.05, 4.69) is 19.1 Å². The van der Waals surface area contributed by atoms with Crippen LogP contribution in [0.4, 0.5) is 0 Å². The molecule has 2 aliphatic carbocycles. The molecule has 0 bridgehead atoms. The molecule has 0 atom stereocenters. The molecule has 0 aromatic rings. The quantitative estimate of drug-likeness (QED) is 0.204. The lowest BCUT2D eigenvalue weighted by Gasteiger charge is -2.29. The van der Waals surface area contributed by atoms with Crippen LogP contribution in [0.3, 0.4) is 0 Å². The van der Waals surface area contributed by atoms with Crippen LogP contribution in [0.25, 0.3) is 0 Å². The Morgan fingerprint density at radius 2 is 1.19 bits per heavy atom. The summed E-state index contributed by atoms with van der Waals surface area (Å²) in [7, 11) is 0. The number of nitriles is 1. The third kappa shape index (κ3) is 9.64. The fourth-order valence-corrected chi connectivity index (χ4v) is 5.35. The summed E-state index contributed by atoms with van der Waals surface area (Å²) in [6.07, 6.45) is 31.1. The van der Waals surface area contributed by atoms with Gasteiger partial charge in [0.2, 0.25) is 0 Å². The van der Waals surface area contributed by atoms with Crippen molar-refractivity contribution >= 4 is 0 Å². The molecule has 0 spiro atoms. The van der Waals surface area contributed by atoms with Crippen molar-refractivity contribution in [3.8, 4) is 6.07 Å². The fraction of sp³-hybridized carbons (Fsp3) is 0.808. The first-order valence-electron chi connectivity index (χ1n) is 12.0. The molecular weight excluding hydrogens is 326 g/mol. The SMILES string of the molecule is CCCCCC1CCC(CCCCC2CCC(/C=C/C=C/C#N)CC2)CC1. The van der Waals surface area contributed by atoms with Crippen molar-refractivity contribution < 1.29 is 0 Å². The van der Waals surface area contributed by atoms with Gasteiger partial charge in [-0.1, -0.05) is 102 Å². The average Bonchev–Trinajstić information content (AvgIpc) is 2.71. The second kappa shape index (κ2) is 14.0. The van der Waals surface area contributed by atoms with Crippen LogP contribution < -0.4 is 0 Å². The number of hydrogen-bond donors (Lipinski definition) is 0. The molecule has 2 rings (SSSR count). The summed E-state index contributed by atoms with van der Waals surface area (Å²) in [6.45, 7) is 2.32. The molecule has 0 aromatic heterocycles. The topological polar surface area (TPSA) is 23.8 Å². The second-order valence-electron chi connectivity index (χ2n) is 9.32. The Kier molecular flexibility index (Phi) is 11.6. The van der Waals surface area contributed by atoms with Gasteiger partial charge in [-0.25, -0.2) is 0 Å². The first-order valence-corrected chi connectivity index (χ1v) is 12.0. The highest BCUT2D eigenvalue weighted by molar-refractivity contribution is 5.12. The van der Waals surface area contributed by atoms with Gasteiger partial charge in [0.05, 0.1) is 6.07 Å². The maximum atomic E-state index is 8.50. The third-order valence-corrected chi connectivity index (χ3v) is 7.21. The minimum atomic E-state index is 0.747. The number of nitrogens with zero attached hydrogens (tertiary/aromatic N) is 1. The lowest BCUT2D eigenvalue weighted by Crippen LogP contribution is -2.15. The maximum Gasteiger partial charge on any atom is 0.0912 e. The van der Waals surface area contributed by atoms with Gasteiger partial charge in [0.25, 0.3) is 0 Å². The summed E-state index contributed by atoms with van der Waals surface area (Å²) in [4.78, 5) is 0. The fourth-order valence-electron chi connectivity index (χ4n) is 5.35. The van der Waals surface area contributed by atoms with E-state index in [0.29, 0.717) is 0 Å². The van der Waals surface area contributed by atoms with E-state index in [-0.39, 0.29) is 0 Å². The van der Waals surface area contributed by atoms with Crippen molar-refractivity contribution in [3.05, 3.63) is 24.3 Å². The first-order chi connectivity index (χ1) is 13.3. The van der Waals surface area contributed by atoms with Crippen molar-refractivity contribution in [3.63, 3.8) is 0 Å². The average molecular weight is 370 g/mol. The Labute approximate surface area is 169 Å². The largest absolute Gasteiger partial charge is 0.193 e. The monoisotopic (exact) mass is 369 g/mol. The van der Waals surface area contributed by atoms with Gasteiger partial charge in [0.15, 0.2) is 0 Å². The zero-order valence-electron chi connectivity index (χ0n) is 17.9. The van der Waals surface area contributed by atoms with Gasteiger partial charge >= 0.3 is 0 Å². The number of unbranched alkanes of at least 4 members (excludes halogenated alkanes) is 3. The minimum Gasteiger partial charge on any atom is -0.193 e. The molecule has 2 saturated carbocycles. The summed E-state index contributed by atoms with van der Waals surface area (Å²) in [5.74, 6) is 3.85. The molecule has 1 nitrogen and oxygen atoms in total. The standard InChI is InChI=1S/C26H43N/c1-2-3-5-10-23-14-18-25(19-15-23)12-7-8-13-26-20-16-24(17-21-26)11-6-4-9-22-27/h4,6,9,11,23-26H,2-3,5,7-8,10,12-21H2,1H3/b9-4+,11-6+. The van der Waals surface area contributed by atoms with Crippen LogP contribution >= 0.6 is 0 Å². The molecule has 0 saturated heterocycles. The van der Waals surface area contributed by atoms with Crippen LogP contribution in [0.1, 0.15) is 110 Å². The molecular formula is C26H43N. The molecule has 0 radical (unpaired) electrons. The van der Waals surface area contributed by atoms with Gasteiger partial charge in [-0.05, 0) is 49.4 Å². The highest BCUT2D eigenvalue weighted by Crippen LogP contribution is 2.36. The van der Waals surface area contributed by atoms with Crippen molar-refractivity contribution in [2.45, 2.75) is 110 Å². The molecule has 1 heteroatoms. The molecule has 152 valence electrons. The smallest absolute Gasteiger partial charge is 0.0912 e. The molecule has 0 N–H and O–H groups in total. The van der Waals surface area contributed by atoms with Crippen LogP contribution in [0, 0.1) is 35.0 Å². The van der Waals surface area contributed by atoms with Gasteiger partial charge in [-0.2, -0.15) is 5.26 Å². The highest BCUT2D eigenvalue weighted by Gasteiger charge is 2.21. The van der Waals surface area contributed by atoms with Crippen molar-refractivity contribution in [2.24, 2.45) is 23.7 Å².